The summed E-state index contributed by atoms with van der Waals surface area (Å²) >= 11 is 0. The van der Waals surface area contributed by atoms with Crippen LogP contribution in [0.4, 0.5) is 0 Å². The van der Waals surface area contributed by atoms with Gasteiger partial charge in [0.2, 0.25) is 0 Å². The van der Waals surface area contributed by atoms with Crippen LogP contribution < -0.4 is 0 Å². The molecule has 0 unspecified atom stereocenters. The van der Waals surface area contributed by atoms with Crippen molar-refractivity contribution in [2.75, 3.05) is 13.1 Å². The van der Waals surface area contributed by atoms with Crippen molar-refractivity contribution in [2.24, 2.45) is 13.0 Å². The minimum Gasteiger partial charge on any atom is -0.481 e. The molecule has 1 fully saturated rings. The number of rotatable bonds is 4. The van der Waals surface area contributed by atoms with Crippen molar-refractivity contribution in [3.05, 3.63) is 47.7 Å². The molecule has 2 aromatic heterocycles. The molecule has 150 valence electrons. The number of nitrogens with zero attached hydrogens (tertiary/aromatic N) is 4. The summed E-state index contributed by atoms with van der Waals surface area (Å²) < 4.78 is 1.72. The Morgan fingerprint density at radius 3 is 2.52 bits per heavy atom. The van der Waals surface area contributed by atoms with Gasteiger partial charge in [0, 0.05) is 32.1 Å². The molecule has 1 aliphatic heterocycles. The Labute approximate surface area is 169 Å². The number of carbonyl (C=O) groups is 2. The van der Waals surface area contributed by atoms with E-state index in [1.807, 2.05) is 55.3 Å². The van der Waals surface area contributed by atoms with E-state index in [2.05, 4.69) is 5.10 Å². The van der Waals surface area contributed by atoms with E-state index in [9.17, 15) is 9.59 Å². The van der Waals surface area contributed by atoms with E-state index in [1.54, 1.807) is 4.68 Å². The molecule has 1 amide bonds. The number of pyridine rings is 1. The normalized spacial score (nSPS) is 15.0. The molecule has 0 radical (unpaired) electrons. The van der Waals surface area contributed by atoms with Crippen LogP contribution >= 0.6 is 0 Å². The van der Waals surface area contributed by atoms with Gasteiger partial charge in [-0.3, -0.25) is 14.3 Å². The zero-order valence-electron chi connectivity index (χ0n) is 16.6. The number of aryl methyl sites for hydroxylation is 2. The fourth-order valence-electron chi connectivity index (χ4n) is 4.13. The van der Waals surface area contributed by atoms with E-state index in [0.29, 0.717) is 37.1 Å². The van der Waals surface area contributed by atoms with Crippen molar-refractivity contribution in [3.63, 3.8) is 0 Å². The van der Waals surface area contributed by atoms with E-state index >= 15 is 0 Å². The highest BCUT2D eigenvalue weighted by molar-refractivity contribution is 6.07. The topological polar surface area (TPSA) is 88.3 Å². The minimum absolute atomic E-state index is 0.0422. The summed E-state index contributed by atoms with van der Waals surface area (Å²) in [6, 6.07) is 11.7. The summed E-state index contributed by atoms with van der Waals surface area (Å²) in [6.07, 6.45) is 1.59. The summed E-state index contributed by atoms with van der Waals surface area (Å²) in [4.78, 5) is 31.0. The predicted octanol–water partition coefficient (Wildman–Crippen LogP) is 3.27. The van der Waals surface area contributed by atoms with Crippen LogP contribution in [0.15, 0.2) is 36.4 Å². The van der Waals surface area contributed by atoms with Crippen molar-refractivity contribution in [3.8, 4) is 11.3 Å². The van der Waals surface area contributed by atoms with Gasteiger partial charge < -0.3 is 10.0 Å². The van der Waals surface area contributed by atoms with Crippen molar-refractivity contribution in [1.29, 1.82) is 0 Å². The molecule has 0 bridgehead atoms. The van der Waals surface area contributed by atoms with Gasteiger partial charge >= 0.3 is 5.97 Å². The van der Waals surface area contributed by atoms with E-state index in [0.717, 1.165) is 22.3 Å². The van der Waals surface area contributed by atoms with Crippen molar-refractivity contribution < 1.29 is 14.7 Å². The van der Waals surface area contributed by atoms with Gasteiger partial charge in [-0.2, -0.15) is 5.10 Å². The first-order valence-corrected chi connectivity index (χ1v) is 9.85. The molecule has 4 rings (SSSR count). The Hall–Kier alpha value is -3.22. The zero-order valence-corrected chi connectivity index (χ0v) is 16.6. The summed E-state index contributed by atoms with van der Waals surface area (Å²) in [5.74, 6) is -0.683. The van der Waals surface area contributed by atoms with Crippen molar-refractivity contribution in [1.82, 2.24) is 19.7 Å². The standard InChI is InChI=1S/C22H24N4O3/c1-14-20-17(22(29)26-10-8-15(9-11-26)12-19(27)28)13-18(16-6-4-3-5-7-16)23-21(20)25(2)24-14/h3-7,13,15H,8-12H2,1-2H3,(H,27,28). The third-order valence-electron chi connectivity index (χ3n) is 5.63. The van der Waals surface area contributed by atoms with Crippen LogP contribution in [0.3, 0.4) is 0 Å². The lowest BCUT2D eigenvalue weighted by atomic mass is 9.93. The number of piperidine rings is 1. The van der Waals surface area contributed by atoms with E-state index in [1.165, 1.54) is 0 Å². The molecule has 1 saturated heterocycles. The Bertz CT molecular complexity index is 1070. The average molecular weight is 392 g/mol. The van der Waals surface area contributed by atoms with Crippen LogP contribution in [0, 0.1) is 12.8 Å². The molecule has 3 heterocycles. The van der Waals surface area contributed by atoms with Crippen LogP contribution in [-0.4, -0.2) is 49.7 Å². The lowest BCUT2D eigenvalue weighted by molar-refractivity contribution is -0.138. The van der Waals surface area contributed by atoms with Crippen LogP contribution in [-0.2, 0) is 11.8 Å². The second-order valence-electron chi connectivity index (χ2n) is 7.66. The Morgan fingerprint density at radius 2 is 1.86 bits per heavy atom. The third-order valence-corrected chi connectivity index (χ3v) is 5.63. The number of carbonyl (C=O) groups excluding carboxylic acids is 1. The fraction of sp³-hybridized carbons (Fsp3) is 0.364. The summed E-state index contributed by atoms with van der Waals surface area (Å²) in [6.45, 7) is 3.03. The molecule has 0 saturated carbocycles. The van der Waals surface area contributed by atoms with Crippen LogP contribution in [0.1, 0.15) is 35.3 Å². The molecular formula is C22H24N4O3. The highest BCUT2D eigenvalue weighted by atomic mass is 16.4. The lowest BCUT2D eigenvalue weighted by Gasteiger charge is -2.31. The summed E-state index contributed by atoms with van der Waals surface area (Å²) in [7, 11) is 1.84. The van der Waals surface area contributed by atoms with E-state index < -0.39 is 5.97 Å². The van der Waals surface area contributed by atoms with Gasteiger partial charge in [0.1, 0.15) is 0 Å². The molecule has 1 aliphatic rings. The number of aromatic nitrogens is 3. The maximum atomic E-state index is 13.4. The SMILES string of the molecule is Cc1nn(C)c2nc(-c3ccccc3)cc(C(=O)N3CCC(CC(=O)O)CC3)c12. The third kappa shape index (κ3) is 3.72. The monoisotopic (exact) mass is 392 g/mol. The number of hydrogen-bond acceptors (Lipinski definition) is 4. The molecule has 29 heavy (non-hydrogen) atoms. The molecular weight excluding hydrogens is 368 g/mol. The smallest absolute Gasteiger partial charge is 0.303 e. The first-order valence-electron chi connectivity index (χ1n) is 9.85. The molecule has 7 heteroatoms. The van der Waals surface area contributed by atoms with Crippen LogP contribution in [0.5, 0.6) is 0 Å². The van der Waals surface area contributed by atoms with Gasteiger partial charge in [-0.05, 0) is 31.7 Å². The van der Waals surface area contributed by atoms with Gasteiger partial charge in [0.15, 0.2) is 5.65 Å². The fourth-order valence-corrected chi connectivity index (χ4v) is 4.13. The average Bonchev–Trinajstić information content (AvgIpc) is 3.01. The Balaban J connectivity index is 1.71. The second-order valence-corrected chi connectivity index (χ2v) is 7.66. The number of benzene rings is 1. The highest BCUT2D eigenvalue weighted by Gasteiger charge is 2.28. The van der Waals surface area contributed by atoms with Crippen molar-refractivity contribution in [2.45, 2.75) is 26.2 Å². The maximum Gasteiger partial charge on any atom is 0.303 e. The maximum absolute atomic E-state index is 13.4. The molecule has 0 aliphatic carbocycles. The largest absolute Gasteiger partial charge is 0.481 e. The molecule has 0 atom stereocenters. The second kappa shape index (κ2) is 7.66. The lowest BCUT2D eigenvalue weighted by Crippen LogP contribution is -2.39. The number of aliphatic carboxylic acids is 1. The number of amides is 1. The van der Waals surface area contributed by atoms with Gasteiger partial charge in [0.25, 0.3) is 5.91 Å². The number of hydrogen-bond donors (Lipinski definition) is 1. The number of likely N-dealkylation sites (tertiary alicyclic amines) is 1. The number of carboxylic acids is 1. The summed E-state index contributed by atoms with van der Waals surface area (Å²) in [5.41, 5.74) is 3.76. The van der Waals surface area contributed by atoms with Crippen LogP contribution in [0.2, 0.25) is 0 Å². The van der Waals surface area contributed by atoms with Gasteiger partial charge in [0.05, 0.1) is 22.3 Å². The first-order chi connectivity index (χ1) is 13.9. The van der Waals surface area contributed by atoms with Gasteiger partial charge in [-0.15, -0.1) is 0 Å². The predicted molar refractivity (Wildman–Crippen MR) is 110 cm³/mol. The quantitative estimate of drug-likeness (QED) is 0.736. The molecule has 0 spiro atoms. The summed E-state index contributed by atoms with van der Waals surface area (Å²) in [5, 5.41) is 14.3. The van der Waals surface area contributed by atoms with Gasteiger partial charge in [-0.25, -0.2) is 4.98 Å². The molecule has 7 nitrogen and oxygen atoms in total. The Kier molecular flexibility index (Phi) is 5.05. The minimum atomic E-state index is -0.774. The van der Waals surface area contributed by atoms with E-state index in [-0.39, 0.29) is 18.2 Å². The molecule has 3 aromatic rings. The Morgan fingerprint density at radius 1 is 1.17 bits per heavy atom. The number of fused-ring (bicyclic) bond motifs is 1. The van der Waals surface area contributed by atoms with Crippen molar-refractivity contribution >= 4 is 22.9 Å². The highest BCUT2D eigenvalue weighted by Crippen LogP contribution is 2.29. The van der Waals surface area contributed by atoms with Crippen LogP contribution in [0.25, 0.3) is 22.3 Å². The number of carboxylic acid groups (broad SMARTS) is 1. The molecule has 1 aromatic carbocycles. The zero-order chi connectivity index (χ0) is 20.5. The van der Waals surface area contributed by atoms with E-state index in [4.69, 9.17) is 10.1 Å². The van der Waals surface area contributed by atoms with Gasteiger partial charge in [-0.1, -0.05) is 30.3 Å². The molecule has 1 N–H and O–H groups in total. The first kappa shape index (κ1) is 19.1.